The minimum atomic E-state index is -0.666. The first-order chi connectivity index (χ1) is 14.4. The maximum Gasteiger partial charge on any atom is 0.331 e. The van der Waals surface area contributed by atoms with Gasteiger partial charge in [0.1, 0.15) is 0 Å². The van der Waals surface area contributed by atoms with Gasteiger partial charge in [0.25, 0.3) is 11.6 Å². The number of carbonyl (C=O) groups excluding carboxylic acids is 2. The molecular formula is C20H16N4O5S. The topological polar surface area (TPSA) is 123 Å². The van der Waals surface area contributed by atoms with Gasteiger partial charge < -0.3 is 4.74 Å². The van der Waals surface area contributed by atoms with Gasteiger partial charge in [-0.2, -0.15) is 5.10 Å². The van der Waals surface area contributed by atoms with Gasteiger partial charge >= 0.3 is 5.97 Å². The number of amides is 1. The van der Waals surface area contributed by atoms with Crippen LogP contribution < -0.4 is 5.32 Å². The van der Waals surface area contributed by atoms with Gasteiger partial charge in [-0.25, -0.2) is 4.79 Å². The van der Waals surface area contributed by atoms with Gasteiger partial charge in [0.15, 0.2) is 5.17 Å². The van der Waals surface area contributed by atoms with Crippen molar-refractivity contribution < 1.29 is 19.2 Å². The molecule has 3 rings (SSSR count). The zero-order valence-electron chi connectivity index (χ0n) is 16.0. The van der Waals surface area contributed by atoms with Crippen LogP contribution in [0, 0.1) is 17.0 Å². The molecule has 9 nitrogen and oxygen atoms in total. The van der Waals surface area contributed by atoms with E-state index in [1.165, 1.54) is 19.4 Å². The van der Waals surface area contributed by atoms with Crippen molar-refractivity contribution in [3.8, 4) is 11.1 Å². The van der Waals surface area contributed by atoms with Crippen molar-refractivity contribution in [2.75, 3.05) is 7.11 Å². The van der Waals surface area contributed by atoms with Crippen LogP contribution in [-0.2, 0) is 14.3 Å². The van der Waals surface area contributed by atoms with Crippen molar-refractivity contribution in [1.82, 2.24) is 5.32 Å². The van der Waals surface area contributed by atoms with Crippen LogP contribution in [0.4, 0.5) is 5.69 Å². The van der Waals surface area contributed by atoms with E-state index in [9.17, 15) is 19.7 Å². The fraction of sp³-hybridized carbons (Fsp3) is 0.100. The summed E-state index contributed by atoms with van der Waals surface area (Å²) in [7, 11) is 1.20. The second-order valence-corrected chi connectivity index (χ2v) is 7.17. The lowest BCUT2D eigenvalue weighted by Gasteiger charge is -2.04. The first kappa shape index (κ1) is 20.9. The second-order valence-electron chi connectivity index (χ2n) is 6.13. The summed E-state index contributed by atoms with van der Waals surface area (Å²) >= 11 is 0.911. The summed E-state index contributed by atoms with van der Waals surface area (Å²) in [6.45, 7) is 1.97. The highest BCUT2D eigenvalue weighted by molar-refractivity contribution is 8.18. The Balaban J connectivity index is 1.86. The third-order valence-corrected chi connectivity index (χ3v) is 4.96. The highest BCUT2D eigenvalue weighted by Crippen LogP contribution is 2.27. The highest BCUT2D eigenvalue weighted by Gasteiger charge is 2.25. The van der Waals surface area contributed by atoms with E-state index in [1.807, 2.05) is 31.2 Å². The molecule has 2 aromatic carbocycles. The number of rotatable bonds is 5. The maximum atomic E-state index is 11.8. The average Bonchev–Trinajstić information content (AvgIpc) is 3.07. The summed E-state index contributed by atoms with van der Waals surface area (Å²) in [5.41, 5.74) is 2.95. The Kier molecular flexibility index (Phi) is 6.38. The van der Waals surface area contributed by atoms with E-state index in [2.05, 4.69) is 20.3 Å². The minimum Gasteiger partial charge on any atom is -0.466 e. The zero-order valence-corrected chi connectivity index (χ0v) is 16.8. The molecule has 1 N–H and O–H groups in total. The second kappa shape index (κ2) is 9.14. The smallest absolute Gasteiger partial charge is 0.331 e. The molecular weight excluding hydrogens is 408 g/mol. The number of nitro groups is 1. The third-order valence-electron chi connectivity index (χ3n) is 4.06. The van der Waals surface area contributed by atoms with Gasteiger partial charge in [-0.3, -0.25) is 20.2 Å². The van der Waals surface area contributed by atoms with Crippen LogP contribution in [0.3, 0.4) is 0 Å². The van der Waals surface area contributed by atoms with E-state index in [0.717, 1.165) is 34.5 Å². The molecule has 1 fully saturated rings. The van der Waals surface area contributed by atoms with E-state index in [-0.39, 0.29) is 21.3 Å². The Morgan fingerprint density at radius 3 is 2.57 bits per heavy atom. The molecule has 1 aliphatic heterocycles. The summed E-state index contributed by atoms with van der Waals surface area (Å²) in [5, 5.41) is 21.7. The molecule has 30 heavy (non-hydrogen) atoms. The van der Waals surface area contributed by atoms with Crippen LogP contribution in [0.25, 0.3) is 11.1 Å². The molecule has 0 atom stereocenters. The third kappa shape index (κ3) is 4.97. The lowest BCUT2D eigenvalue weighted by molar-refractivity contribution is -0.385. The van der Waals surface area contributed by atoms with Gasteiger partial charge in [0.05, 0.1) is 28.7 Å². The van der Waals surface area contributed by atoms with Gasteiger partial charge in [-0.1, -0.05) is 29.8 Å². The van der Waals surface area contributed by atoms with Crippen molar-refractivity contribution >= 4 is 40.7 Å². The summed E-state index contributed by atoms with van der Waals surface area (Å²) < 4.78 is 4.48. The van der Waals surface area contributed by atoms with Crippen molar-refractivity contribution in [3.63, 3.8) is 0 Å². The van der Waals surface area contributed by atoms with Crippen LogP contribution in [0.15, 0.2) is 63.6 Å². The minimum absolute atomic E-state index is 0.114. The number of methoxy groups -OCH3 is 1. The fourth-order valence-corrected chi connectivity index (χ4v) is 3.27. The Morgan fingerprint density at radius 2 is 1.90 bits per heavy atom. The van der Waals surface area contributed by atoms with Crippen LogP contribution in [0.5, 0.6) is 0 Å². The van der Waals surface area contributed by atoms with E-state index in [1.54, 1.807) is 12.1 Å². The SMILES string of the molecule is COC(=O)/C=C1/S/C(=N\N=Cc2cc(-c3ccc(C)cc3)ccc2[N+](=O)[O-])NC1=O. The first-order valence-corrected chi connectivity index (χ1v) is 9.44. The number of benzene rings is 2. The van der Waals surface area contributed by atoms with Crippen LogP contribution in [-0.4, -0.2) is 35.3 Å². The number of amidine groups is 1. The van der Waals surface area contributed by atoms with Crippen molar-refractivity contribution in [1.29, 1.82) is 0 Å². The number of hydrogen-bond donors (Lipinski definition) is 1. The van der Waals surface area contributed by atoms with Gasteiger partial charge in [-0.05, 0) is 41.9 Å². The molecule has 1 saturated heterocycles. The molecule has 0 aromatic heterocycles. The van der Waals surface area contributed by atoms with Crippen LogP contribution in [0.2, 0.25) is 0 Å². The number of esters is 1. The summed E-state index contributed by atoms with van der Waals surface area (Å²) in [4.78, 5) is 34.0. The normalized spacial score (nSPS) is 16.3. The van der Waals surface area contributed by atoms with Gasteiger partial charge in [0, 0.05) is 12.1 Å². The lowest BCUT2D eigenvalue weighted by Crippen LogP contribution is -2.19. The Labute approximate surface area is 175 Å². The van der Waals surface area contributed by atoms with Gasteiger partial charge in [0.2, 0.25) is 0 Å². The molecule has 10 heteroatoms. The number of carbonyl (C=O) groups is 2. The van der Waals surface area contributed by atoms with Crippen LogP contribution >= 0.6 is 11.8 Å². The molecule has 152 valence electrons. The quantitative estimate of drug-likeness (QED) is 0.258. The summed E-state index contributed by atoms with van der Waals surface area (Å²) in [5.74, 6) is -1.17. The molecule has 0 spiro atoms. The Morgan fingerprint density at radius 1 is 1.20 bits per heavy atom. The summed E-state index contributed by atoms with van der Waals surface area (Å²) in [6, 6.07) is 12.5. The molecule has 0 saturated carbocycles. The zero-order chi connectivity index (χ0) is 21.7. The number of thioether (sulfide) groups is 1. The largest absolute Gasteiger partial charge is 0.466 e. The molecule has 0 radical (unpaired) electrons. The average molecular weight is 424 g/mol. The number of nitro benzene ring substituents is 1. The maximum absolute atomic E-state index is 11.8. The lowest BCUT2D eigenvalue weighted by atomic mass is 10.0. The molecule has 0 unspecified atom stereocenters. The molecule has 1 aliphatic rings. The van der Waals surface area contributed by atoms with Gasteiger partial charge in [-0.15, -0.1) is 5.10 Å². The predicted molar refractivity (Wildman–Crippen MR) is 114 cm³/mol. The fourth-order valence-electron chi connectivity index (χ4n) is 2.53. The van der Waals surface area contributed by atoms with E-state index in [0.29, 0.717) is 0 Å². The van der Waals surface area contributed by atoms with Crippen molar-refractivity contribution in [2.24, 2.45) is 10.2 Å². The number of ether oxygens (including phenoxy) is 1. The monoisotopic (exact) mass is 424 g/mol. The molecule has 0 aliphatic carbocycles. The molecule has 0 bridgehead atoms. The first-order valence-electron chi connectivity index (χ1n) is 8.62. The molecule has 1 amide bonds. The van der Waals surface area contributed by atoms with E-state index in [4.69, 9.17) is 0 Å². The Bertz CT molecular complexity index is 1110. The Hall–Kier alpha value is -3.79. The standard InChI is InChI=1S/C20H16N4O5S/c1-12-3-5-13(6-4-12)14-7-8-16(24(27)28)15(9-14)11-21-23-20-22-19(26)17(30-20)10-18(25)29-2/h3-11H,1-2H3,(H,22,23,26)/b17-10+,21-11?. The highest BCUT2D eigenvalue weighted by atomic mass is 32.2. The number of nitrogens with one attached hydrogen (secondary N) is 1. The van der Waals surface area contributed by atoms with E-state index >= 15 is 0 Å². The predicted octanol–water partition coefficient (Wildman–Crippen LogP) is 3.18. The number of nitrogens with zero attached hydrogens (tertiary/aromatic N) is 3. The van der Waals surface area contributed by atoms with Crippen molar-refractivity contribution in [2.45, 2.75) is 6.92 Å². The van der Waals surface area contributed by atoms with Crippen LogP contribution in [0.1, 0.15) is 11.1 Å². The van der Waals surface area contributed by atoms with Crippen molar-refractivity contribution in [3.05, 3.63) is 74.7 Å². The number of aryl methyl sites for hydroxylation is 1. The molecule has 2 aromatic rings. The molecule has 1 heterocycles. The van der Waals surface area contributed by atoms with E-state index < -0.39 is 16.8 Å². The number of hydrogen-bond acceptors (Lipinski definition) is 8. The summed E-state index contributed by atoms with van der Waals surface area (Å²) in [6.07, 6.45) is 2.29.